The van der Waals surface area contributed by atoms with Crippen molar-refractivity contribution < 1.29 is 14.3 Å². The van der Waals surface area contributed by atoms with Crippen LogP contribution in [-0.4, -0.2) is 19.7 Å². The molecule has 0 radical (unpaired) electrons. The SMILES string of the molecule is COC(=O)COc1ccc(-c2cccc3sc4ccccc4c23)cc1. The van der Waals surface area contributed by atoms with Crippen LogP contribution in [0.1, 0.15) is 0 Å². The van der Waals surface area contributed by atoms with Gasteiger partial charge in [0.05, 0.1) is 7.11 Å². The second-order valence-electron chi connectivity index (χ2n) is 5.67. The van der Waals surface area contributed by atoms with E-state index < -0.39 is 5.97 Å². The molecule has 0 saturated carbocycles. The van der Waals surface area contributed by atoms with Crippen molar-refractivity contribution >= 4 is 37.5 Å². The Morgan fingerprint density at radius 1 is 0.920 bits per heavy atom. The molecule has 0 unspecified atom stereocenters. The fourth-order valence-corrected chi connectivity index (χ4v) is 4.08. The van der Waals surface area contributed by atoms with Crippen LogP contribution in [-0.2, 0) is 9.53 Å². The molecule has 1 heterocycles. The average molecular weight is 348 g/mol. The van der Waals surface area contributed by atoms with Crippen molar-refractivity contribution in [3.8, 4) is 16.9 Å². The predicted molar refractivity (Wildman–Crippen MR) is 102 cm³/mol. The highest BCUT2D eigenvalue weighted by molar-refractivity contribution is 7.25. The number of thiophene rings is 1. The van der Waals surface area contributed by atoms with Gasteiger partial charge in [0.2, 0.25) is 0 Å². The Morgan fingerprint density at radius 2 is 1.68 bits per heavy atom. The zero-order valence-corrected chi connectivity index (χ0v) is 14.5. The minimum absolute atomic E-state index is 0.0827. The normalized spacial score (nSPS) is 10.9. The van der Waals surface area contributed by atoms with Gasteiger partial charge in [-0.2, -0.15) is 0 Å². The first kappa shape index (κ1) is 15.7. The van der Waals surface area contributed by atoms with Gasteiger partial charge in [0.1, 0.15) is 5.75 Å². The second-order valence-corrected chi connectivity index (χ2v) is 6.75. The summed E-state index contributed by atoms with van der Waals surface area (Å²) in [6.07, 6.45) is 0. The summed E-state index contributed by atoms with van der Waals surface area (Å²) in [6.45, 7) is -0.0827. The molecule has 4 aromatic rings. The van der Waals surface area contributed by atoms with Crippen molar-refractivity contribution in [1.82, 2.24) is 0 Å². The van der Waals surface area contributed by atoms with Gasteiger partial charge in [-0.15, -0.1) is 11.3 Å². The maximum atomic E-state index is 11.2. The first-order valence-electron chi connectivity index (χ1n) is 7.96. The average Bonchev–Trinajstić information content (AvgIpc) is 3.05. The van der Waals surface area contributed by atoms with Crippen LogP contribution in [0.3, 0.4) is 0 Å². The fraction of sp³-hybridized carbons (Fsp3) is 0.0952. The summed E-state index contributed by atoms with van der Waals surface area (Å²) in [5.74, 6) is 0.259. The summed E-state index contributed by atoms with van der Waals surface area (Å²) in [5.41, 5.74) is 2.33. The van der Waals surface area contributed by atoms with Crippen molar-refractivity contribution in [1.29, 1.82) is 0 Å². The van der Waals surface area contributed by atoms with E-state index in [9.17, 15) is 4.79 Å². The van der Waals surface area contributed by atoms with E-state index in [4.69, 9.17) is 4.74 Å². The van der Waals surface area contributed by atoms with Gasteiger partial charge in [-0.05, 0) is 35.4 Å². The molecule has 25 heavy (non-hydrogen) atoms. The molecule has 0 saturated heterocycles. The molecule has 0 bridgehead atoms. The van der Waals surface area contributed by atoms with Gasteiger partial charge in [-0.3, -0.25) is 0 Å². The Kier molecular flexibility index (Phi) is 4.12. The Labute approximate surface area is 149 Å². The largest absolute Gasteiger partial charge is 0.482 e. The number of methoxy groups -OCH3 is 1. The van der Waals surface area contributed by atoms with E-state index in [2.05, 4.69) is 47.2 Å². The van der Waals surface area contributed by atoms with E-state index in [1.54, 1.807) is 0 Å². The highest BCUT2D eigenvalue weighted by Gasteiger charge is 2.10. The van der Waals surface area contributed by atoms with Gasteiger partial charge in [0.25, 0.3) is 0 Å². The molecule has 0 fully saturated rings. The zero-order chi connectivity index (χ0) is 17.2. The topological polar surface area (TPSA) is 35.5 Å². The number of esters is 1. The number of carbonyl (C=O) groups is 1. The molecule has 0 amide bonds. The van der Waals surface area contributed by atoms with Crippen LogP contribution in [0.15, 0.2) is 66.7 Å². The Balaban J connectivity index is 1.73. The van der Waals surface area contributed by atoms with Crippen LogP contribution >= 0.6 is 11.3 Å². The van der Waals surface area contributed by atoms with Crippen molar-refractivity contribution in [2.75, 3.05) is 13.7 Å². The number of rotatable bonds is 4. The van der Waals surface area contributed by atoms with E-state index in [1.165, 1.54) is 32.8 Å². The van der Waals surface area contributed by atoms with Gasteiger partial charge >= 0.3 is 5.97 Å². The molecule has 0 spiro atoms. The number of hydrogen-bond donors (Lipinski definition) is 0. The number of benzene rings is 3. The Hall–Kier alpha value is -2.85. The molecular formula is C21H16O3S. The molecule has 0 aliphatic heterocycles. The van der Waals surface area contributed by atoms with Crippen molar-refractivity contribution in [3.05, 3.63) is 66.7 Å². The molecule has 4 heteroatoms. The van der Waals surface area contributed by atoms with E-state index in [-0.39, 0.29) is 6.61 Å². The highest BCUT2D eigenvalue weighted by atomic mass is 32.1. The zero-order valence-electron chi connectivity index (χ0n) is 13.7. The van der Waals surface area contributed by atoms with E-state index in [0.717, 1.165) is 5.56 Å². The lowest BCUT2D eigenvalue weighted by atomic mass is 9.99. The lowest BCUT2D eigenvalue weighted by molar-refractivity contribution is -0.142. The number of ether oxygens (including phenoxy) is 2. The first-order chi connectivity index (χ1) is 12.3. The third kappa shape index (κ3) is 2.96. The standard InChI is InChI=1S/C21H16O3S/c1-23-20(22)13-24-15-11-9-14(10-12-15)16-6-4-8-19-21(16)17-5-2-3-7-18(17)25-19/h2-12H,13H2,1H3. The summed E-state index contributed by atoms with van der Waals surface area (Å²) in [7, 11) is 1.35. The lowest BCUT2D eigenvalue weighted by Gasteiger charge is -2.08. The molecule has 3 nitrogen and oxygen atoms in total. The van der Waals surface area contributed by atoms with Gasteiger partial charge in [-0.25, -0.2) is 4.79 Å². The number of carbonyl (C=O) groups excluding carboxylic acids is 1. The van der Waals surface area contributed by atoms with Crippen LogP contribution in [0, 0.1) is 0 Å². The van der Waals surface area contributed by atoms with Crippen LogP contribution in [0.4, 0.5) is 0 Å². The maximum absolute atomic E-state index is 11.2. The maximum Gasteiger partial charge on any atom is 0.343 e. The first-order valence-corrected chi connectivity index (χ1v) is 8.78. The molecule has 4 rings (SSSR count). The van der Waals surface area contributed by atoms with E-state index in [0.29, 0.717) is 5.75 Å². The minimum Gasteiger partial charge on any atom is -0.482 e. The molecule has 3 aromatic carbocycles. The molecule has 0 aliphatic carbocycles. The molecule has 1 aromatic heterocycles. The van der Waals surface area contributed by atoms with Crippen LogP contribution < -0.4 is 4.74 Å². The fourth-order valence-electron chi connectivity index (χ4n) is 2.95. The molecular weight excluding hydrogens is 332 g/mol. The molecule has 124 valence electrons. The summed E-state index contributed by atoms with van der Waals surface area (Å²) in [5, 5.41) is 2.57. The van der Waals surface area contributed by atoms with Gasteiger partial charge in [0.15, 0.2) is 6.61 Å². The van der Waals surface area contributed by atoms with Crippen LogP contribution in [0.5, 0.6) is 5.75 Å². The molecule has 0 atom stereocenters. The summed E-state index contributed by atoms with van der Waals surface area (Å²) < 4.78 is 12.6. The van der Waals surface area contributed by atoms with Crippen LogP contribution in [0.25, 0.3) is 31.3 Å². The van der Waals surface area contributed by atoms with Crippen LogP contribution in [0.2, 0.25) is 0 Å². The van der Waals surface area contributed by atoms with Crippen molar-refractivity contribution in [2.45, 2.75) is 0 Å². The lowest BCUT2D eigenvalue weighted by Crippen LogP contribution is -2.12. The molecule has 0 N–H and O–H groups in total. The smallest absolute Gasteiger partial charge is 0.343 e. The quantitative estimate of drug-likeness (QED) is 0.471. The summed E-state index contributed by atoms with van der Waals surface area (Å²) in [4.78, 5) is 11.2. The second kappa shape index (κ2) is 6.57. The number of fused-ring (bicyclic) bond motifs is 3. The highest BCUT2D eigenvalue weighted by Crippen LogP contribution is 2.39. The Morgan fingerprint density at radius 3 is 2.48 bits per heavy atom. The predicted octanol–water partition coefficient (Wildman–Crippen LogP) is 5.27. The van der Waals surface area contributed by atoms with Gasteiger partial charge < -0.3 is 9.47 Å². The van der Waals surface area contributed by atoms with Crippen molar-refractivity contribution in [2.24, 2.45) is 0 Å². The summed E-state index contributed by atoms with van der Waals surface area (Å²) in [6, 6.07) is 22.7. The third-order valence-corrected chi connectivity index (χ3v) is 5.29. The van der Waals surface area contributed by atoms with Crippen molar-refractivity contribution in [3.63, 3.8) is 0 Å². The monoisotopic (exact) mass is 348 g/mol. The van der Waals surface area contributed by atoms with Gasteiger partial charge in [0, 0.05) is 20.2 Å². The van der Waals surface area contributed by atoms with Gasteiger partial charge in [-0.1, -0.05) is 42.5 Å². The number of hydrogen-bond acceptors (Lipinski definition) is 4. The Bertz CT molecular complexity index is 1050. The summed E-state index contributed by atoms with van der Waals surface area (Å²) >= 11 is 1.81. The molecule has 0 aliphatic rings. The third-order valence-electron chi connectivity index (χ3n) is 4.15. The van der Waals surface area contributed by atoms with E-state index >= 15 is 0 Å². The van der Waals surface area contributed by atoms with E-state index in [1.807, 2.05) is 35.6 Å². The minimum atomic E-state index is -0.390.